The van der Waals surface area contributed by atoms with Crippen molar-refractivity contribution in [3.05, 3.63) is 35.8 Å². The minimum atomic E-state index is -0.292. The summed E-state index contributed by atoms with van der Waals surface area (Å²) in [5.41, 5.74) is 1.81. The molecule has 1 amide bonds. The number of amides is 1. The largest absolute Gasteiger partial charge is 0.337 e. The summed E-state index contributed by atoms with van der Waals surface area (Å²) >= 11 is 1.39. The van der Waals surface area contributed by atoms with Crippen LogP contribution >= 0.6 is 11.8 Å². The Bertz CT molecular complexity index is 985. The van der Waals surface area contributed by atoms with Gasteiger partial charge in [-0.3, -0.25) is 4.79 Å². The van der Waals surface area contributed by atoms with Crippen LogP contribution in [0.3, 0.4) is 0 Å². The van der Waals surface area contributed by atoms with Crippen molar-refractivity contribution in [1.82, 2.24) is 35.1 Å². The van der Waals surface area contributed by atoms with E-state index < -0.39 is 0 Å². The Morgan fingerprint density at radius 3 is 2.89 bits per heavy atom. The van der Waals surface area contributed by atoms with E-state index in [0.717, 1.165) is 29.4 Å². The second kappa shape index (κ2) is 7.22. The van der Waals surface area contributed by atoms with Crippen LogP contribution in [0.1, 0.15) is 37.3 Å². The van der Waals surface area contributed by atoms with E-state index in [1.54, 1.807) is 11.9 Å². The minimum absolute atomic E-state index is 0.000224. The predicted molar refractivity (Wildman–Crippen MR) is 102 cm³/mol. The Morgan fingerprint density at radius 1 is 1.33 bits per heavy atom. The van der Waals surface area contributed by atoms with Crippen LogP contribution in [-0.4, -0.2) is 53.3 Å². The highest BCUT2D eigenvalue weighted by molar-refractivity contribution is 8.00. The number of carbonyl (C=O) groups excluding carboxylic acids is 1. The van der Waals surface area contributed by atoms with Crippen molar-refractivity contribution in [1.29, 1.82) is 0 Å². The molecule has 1 fully saturated rings. The Kier molecular flexibility index (Phi) is 4.77. The molecule has 9 heteroatoms. The van der Waals surface area contributed by atoms with Crippen LogP contribution in [-0.2, 0) is 11.3 Å². The third-order valence-corrected chi connectivity index (χ3v) is 5.61. The molecule has 0 saturated heterocycles. The molecule has 2 heterocycles. The lowest BCUT2D eigenvalue weighted by Crippen LogP contribution is -2.33. The number of aryl methyl sites for hydroxylation is 1. The first-order chi connectivity index (χ1) is 13.0. The number of hydrogen-bond donors (Lipinski definition) is 0. The topological polar surface area (TPSA) is 89.7 Å². The Morgan fingerprint density at radius 2 is 2.11 bits per heavy atom. The molecule has 0 aliphatic heterocycles. The van der Waals surface area contributed by atoms with Gasteiger partial charge in [0, 0.05) is 18.1 Å². The molecule has 1 aliphatic rings. The maximum Gasteiger partial charge on any atom is 0.236 e. The molecule has 2 aromatic heterocycles. The van der Waals surface area contributed by atoms with Gasteiger partial charge in [0.1, 0.15) is 5.82 Å². The normalized spacial score (nSPS) is 15.1. The van der Waals surface area contributed by atoms with Crippen LogP contribution in [0.25, 0.3) is 10.9 Å². The zero-order chi connectivity index (χ0) is 19.0. The summed E-state index contributed by atoms with van der Waals surface area (Å²) in [4.78, 5) is 23.6. The first-order valence-corrected chi connectivity index (χ1v) is 9.82. The van der Waals surface area contributed by atoms with Gasteiger partial charge in [-0.1, -0.05) is 30.0 Å². The molecule has 0 spiro atoms. The fraction of sp³-hybridized carbons (Fsp3) is 0.444. The highest BCUT2D eigenvalue weighted by Gasteiger charge is 2.30. The quantitative estimate of drug-likeness (QED) is 0.604. The number of para-hydroxylation sites is 1. The summed E-state index contributed by atoms with van der Waals surface area (Å²) in [7, 11) is 1.77. The molecule has 0 radical (unpaired) electrons. The summed E-state index contributed by atoms with van der Waals surface area (Å²) < 4.78 is 1.82. The molecular formula is C18H21N7OS. The van der Waals surface area contributed by atoms with Gasteiger partial charge >= 0.3 is 0 Å². The first kappa shape index (κ1) is 17.8. The van der Waals surface area contributed by atoms with E-state index in [1.807, 2.05) is 42.8 Å². The molecule has 1 aromatic carbocycles. The summed E-state index contributed by atoms with van der Waals surface area (Å²) in [6.45, 7) is 4.20. The van der Waals surface area contributed by atoms with E-state index in [4.69, 9.17) is 0 Å². The van der Waals surface area contributed by atoms with E-state index in [9.17, 15) is 4.79 Å². The summed E-state index contributed by atoms with van der Waals surface area (Å²) in [6, 6.07) is 8.28. The molecule has 140 valence electrons. The molecule has 3 aromatic rings. The molecule has 8 nitrogen and oxygen atoms in total. The summed E-state index contributed by atoms with van der Waals surface area (Å²) in [6.07, 6.45) is 2.19. The number of fused-ring (bicyclic) bond motifs is 1. The van der Waals surface area contributed by atoms with Gasteiger partial charge in [0.05, 0.1) is 23.4 Å². The SMILES string of the molecule is Cc1nc(CN(C)C(=O)C(C)Sc2nnnn2C2CC2)nc2ccccc12. The molecule has 1 saturated carbocycles. The zero-order valence-electron chi connectivity index (χ0n) is 15.5. The molecule has 1 unspecified atom stereocenters. The van der Waals surface area contributed by atoms with Gasteiger partial charge in [0.15, 0.2) is 0 Å². The number of rotatable bonds is 6. The molecule has 1 aliphatic carbocycles. The standard InChI is InChI=1S/C18H21N7OS/c1-11-14-6-4-5-7-15(14)20-16(19-11)10-24(3)17(26)12(2)27-18-21-22-23-25(18)13-8-9-13/h4-7,12-13H,8-10H2,1-3H3. The number of tetrazole rings is 1. The van der Waals surface area contributed by atoms with Crippen molar-refractivity contribution < 1.29 is 4.79 Å². The van der Waals surface area contributed by atoms with Crippen molar-refractivity contribution in [2.24, 2.45) is 0 Å². The highest BCUT2D eigenvalue weighted by atomic mass is 32.2. The van der Waals surface area contributed by atoms with Crippen LogP contribution in [0.2, 0.25) is 0 Å². The van der Waals surface area contributed by atoms with Crippen molar-refractivity contribution in [2.45, 2.75) is 49.7 Å². The molecule has 1 atom stereocenters. The van der Waals surface area contributed by atoms with Gasteiger partial charge in [0.2, 0.25) is 11.1 Å². The van der Waals surface area contributed by atoms with Crippen molar-refractivity contribution in [3.8, 4) is 0 Å². The third kappa shape index (κ3) is 3.78. The van der Waals surface area contributed by atoms with Crippen LogP contribution in [0.15, 0.2) is 29.4 Å². The van der Waals surface area contributed by atoms with Gasteiger partial charge in [-0.05, 0) is 43.2 Å². The lowest BCUT2D eigenvalue weighted by Gasteiger charge is -2.20. The smallest absolute Gasteiger partial charge is 0.236 e. The first-order valence-electron chi connectivity index (χ1n) is 8.94. The average molecular weight is 383 g/mol. The van der Waals surface area contributed by atoms with E-state index in [1.165, 1.54) is 11.8 Å². The highest BCUT2D eigenvalue weighted by Crippen LogP contribution is 2.37. The van der Waals surface area contributed by atoms with Crippen molar-refractivity contribution >= 4 is 28.6 Å². The summed E-state index contributed by atoms with van der Waals surface area (Å²) in [5.74, 6) is 0.641. The monoisotopic (exact) mass is 383 g/mol. The second-order valence-electron chi connectivity index (χ2n) is 6.83. The van der Waals surface area contributed by atoms with Gasteiger partial charge < -0.3 is 4.90 Å². The third-order valence-electron chi connectivity index (χ3n) is 4.58. The minimum Gasteiger partial charge on any atom is -0.337 e. The lowest BCUT2D eigenvalue weighted by atomic mass is 10.2. The van der Waals surface area contributed by atoms with E-state index in [2.05, 4.69) is 25.5 Å². The van der Waals surface area contributed by atoms with Crippen LogP contribution < -0.4 is 0 Å². The molecule has 27 heavy (non-hydrogen) atoms. The fourth-order valence-corrected chi connectivity index (χ4v) is 3.96. The number of nitrogens with zero attached hydrogens (tertiary/aromatic N) is 7. The lowest BCUT2D eigenvalue weighted by molar-refractivity contribution is -0.129. The maximum atomic E-state index is 12.8. The van der Waals surface area contributed by atoms with Crippen LogP contribution in [0.4, 0.5) is 0 Å². The van der Waals surface area contributed by atoms with Crippen LogP contribution in [0, 0.1) is 6.92 Å². The molecule has 4 rings (SSSR count). The van der Waals surface area contributed by atoms with Crippen molar-refractivity contribution in [2.75, 3.05) is 7.05 Å². The predicted octanol–water partition coefficient (Wildman–Crippen LogP) is 2.40. The van der Waals surface area contributed by atoms with Crippen LogP contribution in [0.5, 0.6) is 0 Å². The zero-order valence-corrected chi connectivity index (χ0v) is 16.3. The molecular weight excluding hydrogens is 362 g/mol. The summed E-state index contributed by atoms with van der Waals surface area (Å²) in [5, 5.41) is 13.3. The van der Waals surface area contributed by atoms with Gasteiger partial charge in [-0.25, -0.2) is 14.6 Å². The number of benzene rings is 1. The Labute approximate surface area is 161 Å². The maximum absolute atomic E-state index is 12.8. The molecule has 0 bridgehead atoms. The Hall–Kier alpha value is -2.55. The van der Waals surface area contributed by atoms with E-state index in [-0.39, 0.29) is 11.2 Å². The van der Waals surface area contributed by atoms with Gasteiger partial charge in [-0.2, -0.15) is 0 Å². The number of thioether (sulfide) groups is 1. The second-order valence-corrected chi connectivity index (χ2v) is 8.14. The number of carbonyl (C=O) groups is 1. The molecule has 0 N–H and O–H groups in total. The average Bonchev–Trinajstić information content (AvgIpc) is 3.40. The number of hydrogen-bond acceptors (Lipinski definition) is 7. The fourth-order valence-electron chi connectivity index (χ4n) is 2.99. The van der Waals surface area contributed by atoms with Gasteiger partial charge in [0.25, 0.3) is 0 Å². The van der Waals surface area contributed by atoms with E-state index in [0.29, 0.717) is 23.6 Å². The number of aromatic nitrogens is 6. The van der Waals surface area contributed by atoms with Gasteiger partial charge in [-0.15, -0.1) is 5.10 Å². The van der Waals surface area contributed by atoms with E-state index >= 15 is 0 Å². The van der Waals surface area contributed by atoms with Crippen molar-refractivity contribution in [3.63, 3.8) is 0 Å². The Balaban J connectivity index is 1.45.